The van der Waals surface area contributed by atoms with Crippen molar-refractivity contribution in [2.24, 2.45) is 0 Å². The highest BCUT2D eigenvalue weighted by molar-refractivity contribution is 6.33. The van der Waals surface area contributed by atoms with Crippen LogP contribution in [0.25, 0.3) is 0 Å². The van der Waals surface area contributed by atoms with Crippen molar-refractivity contribution >= 4 is 29.0 Å². The van der Waals surface area contributed by atoms with Crippen LogP contribution in [0.5, 0.6) is 0 Å². The quantitative estimate of drug-likeness (QED) is 0.716. The SMILES string of the molecule is Cc1cc(C)c(Nc2cnc(C(=O)NCc3ccncc3)cn2)c(Cl)c1. The summed E-state index contributed by atoms with van der Waals surface area (Å²) >= 11 is 6.29. The van der Waals surface area contributed by atoms with Gasteiger partial charge in [0.05, 0.1) is 23.1 Å². The van der Waals surface area contributed by atoms with Crippen molar-refractivity contribution in [3.05, 3.63) is 76.5 Å². The third kappa shape index (κ3) is 4.34. The molecule has 2 heterocycles. The van der Waals surface area contributed by atoms with Crippen molar-refractivity contribution in [2.75, 3.05) is 5.32 Å². The van der Waals surface area contributed by atoms with Crippen LogP contribution in [0.2, 0.25) is 5.02 Å². The van der Waals surface area contributed by atoms with Crippen LogP contribution in [0.4, 0.5) is 11.5 Å². The minimum absolute atomic E-state index is 0.247. The van der Waals surface area contributed by atoms with Gasteiger partial charge >= 0.3 is 0 Å². The maximum absolute atomic E-state index is 12.2. The Morgan fingerprint density at radius 1 is 1.12 bits per heavy atom. The largest absolute Gasteiger partial charge is 0.347 e. The fourth-order valence-electron chi connectivity index (χ4n) is 2.49. The van der Waals surface area contributed by atoms with Gasteiger partial charge in [0.25, 0.3) is 5.91 Å². The van der Waals surface area contributed by atoms with E-state index in [0.717, 1.165) is 22.4 Å². The molecule has 0 saturated heterocycles. The number of carbonyl (C=O) groups excluding carboxylic acids is 1. The maximum atomic E-state index is 12.2. The summed E-state index contributed by atoms with van der Waals surface area (Å²) < 4.78 is 0. The number of rotatable bonds is 5. The Morgan fingerprint density at radius 2 is 1.88 bits per heavy atom. The number of hydrogen-bond acceptors (Lipinski definition) is 5. The average Bonchev–Trinajstić information content (AvgIpc) is 2.64. The van der Waals surface area contributed by atoms with E-state index in [1.54, 1.807) is 12.4 Å². The molecule has 3 rings (SSSR count). The van der Waals surface area contributed by atoms with Crippen molar-refractivity contribution < 1.29 is 4.79 Å². The highest BCUT2D eigenvalue weighted by Gasteiger charge is 2.10. The van der Waals surface area contributed by atoms with Crippen molar-refractivity contribution in [2.45, 2.75) is 20.4 Å². The minimum atomic E-state index is -0.287. The van der Waals surface area contributed by atoms with Crippen LogP contribution < -0.4 is 10.6 Å². The molecular weight excluding hydrogens is 350 g/mol. The van der Waals surface area contributed by atoms with Gasteiger partial charge in [0, 0.05) is 18.9 Å². The minimum Gasteiger partial charge on any atom is -0.347 e. The molecule has 0 aliphatic rings. The van der Waals surface area contributed by atoms with Crippen molar-refractivity contribution in [3.8, 4) is 0 Å². The molecule has 3 aromatic rings. The van der Waals surface area contributed by atoms with Gasteiger partial charge in [-0.15, -0.1) is 0 Å². The lowest BCUT2D eigenvalue weighted by atomic mass is 10.1. The number of nitrogens with zero attached hydrogens (tertiary/aromatic N) is 3. The number of amides is 1. The van der Waals surface area contributed by atoms with Gasteiger partial charge in [-0.3, -0.25) is 9.78 Å². The topological polar surface area (TPSA) is 79.8 Å². The van der Waals surface area contributed by atoms with E-state index in [-0.39, 0.29) is 11.6 Å². The number of aryl methyl sites for hydroxylation is 2. The van der Waals surface area contributed by atoms with E-state index in [4.69, 9.17) is 11.6 Å². The number of halogens is 1. The smallest absolute Gasteiger partial charge is 0.271 e. The Labute approximate surface area is 156 Å². The molecule has 0 unspecified atom stereocenters. The maximum Gasteiger partial charge on any atom is 0.271 e. The van der Waals surface area contributed by atoms with Crippen LogP contribution in [0, 0.1) is 13.8 Å². The molecule has 132 valence electrons. The van der Waals surface area contributed by atoms with Gasteiger partial charge in [-0.05, 0) is 48.7 Å². The van der Waals surface area contributed by atoms with Gasteiger partial charge in [0.2, 0.25) is 0 Å². The molecule has 0 atom stereocenters. The normalized spacial score (nSPS) is 10.4. The van der Waals surface area contributed by atoms with Crippen LogP contribution in [-0.4, -0.2) is 20.9 Å². The highest BCUT2D eigenvalue weighted by atomic mass is 35.5. The Kier molecular flexibility index (Phi) is 5.43. The second-order valence-electron chi connectivity index (χ2n) is 5.89. The van der Waals surface area contributed by atoms with E-state index in [1.807, 2.05) is 38.1 Å². The lowest BCUT2D eigenvalue weighted by Crippen LogP contribution is -2.24. The number of carbonyl (C=O) groups is 1. The molecule has 0 bridgehead atoms. The monoisotopic (exact) mass is 367 g/mol. The Morgan fingerprint density at radius 3 is 2.54 bits per heavy atom. The molecule has 0 fully saturated rings. The summed E-state index contributed by atoms with van der Waals surface area (Å²) in [7, 11) is 0. The summed E-state index contributed by atoms with van der Waals surface area (Å²) in [6.45, 7) is 4.36. The van der Waals surface area contributed by atoms with E-state index < -0.39 is 0 Å². The lowest BCUT2D eigenvalue weighted by Gasteiger charge is -2.12. The number of aromatic nitrogens is 3. The molecule has 1 aromatic carbocycles. The van der Waals surface area contributed by atoms with Crippen molar-refractivity contribution in [1.82, 2.24) is 20.3 Å². The summed E-state index contributed by atoms with van der Waals surface area (Å²) in [5.74, 6) is 0.231. The highest BCUT2D eigenvalue weighted by Crippen LogP contribution is 2.29. The number of benzene rings is 1. The molecule has 0 radical (unpaired) electrons. The number of anilines is 2. The third-order valence-electron chi connectivity index (χ3n) is 3.77. The van der Waals surface area contributed by atoms with Gasteiger partial charge in [-0.25, -0.2) is 9.97 Å². The predicted octanol–water partition coefficient (Wildman–Crippen LogP) is 3.82. The second-order valence-corrected chi connectivity index (χ2v) is 6.30. The van der Waals surface area contributed by atoms with Gasteiger partial charge in [0.1, 0.15) is 11.5 Å². The van der Waals surface area contributed by atoms with Gasteiger partial charge in [-0.1, -0.05) is 17.7 Å². The number of nitrogens with one attached hydrogen (secondary N) is 2. The Balaban J connectivity index is 1.66. The molecule has 0 saturated carbocycles. The first-order chi connectivity index (χ1) is 12.5. The van der Waals surface area contributed by atoms with Gasteiger partial charge in [0.15, 0.2) is 0 Å². The predicted molar refractivity (Wildman–Crippen MR) is 102 cm³/mol. The fraction of sp³-hybridized carbons (Fsp3) is 0.158. The molecule has 0 aliphatic heterocycles. The average molecular weight is 368 g/mol. The van der Waals surface area contributed by atoms with E-state index in [2.05, 4.69) is 25.6 Å². The van der Waals surface area contributed by atoms with E-state index >= 15 is 0 Å². The second kappa shape index (κ2) is 7.93. The fourth-order valence-corrected chi connectivity index (χ4v) is 2.85. The standard InChI is InChI=1S/C19H18ClN5O/c1-12-7-13(2)18(15(20)8-12)25-17-11-22-16(10-23-17)19(26)24-9-14-3-5-21-6-4-14/h3-8,10-11H,9H2,1-2H3,(H,23,25)(H,24,26). The molecule has 1 amide bonds. The zero-order chi connectivity index (χ0) is 18.5. The molecule has 0 aliphatic carbocycles. The van der Waals surface area contributed by atoms with Crippen LogP contribution in [0.15, 0.2) is 49.1 Å². The molecule has 7 heteroatoms. The molecule has 2 aromatic heterocycles. The zero-order valence-corrected chi connectivity index (χ0v) is 15.2. The first-order valence-corrected chi connectivity index (χ1v) is 8.43. The van der Waals surface area contributed by atoms with E-state index in [0.29, 0.717) is 17.4 Å². The summed E-state index contributed by atoms with van der Waals surface area (Å²) in [6, 6.07) is 7.59. The first kappa shape index (κ1) is 17.8. The van der Waals surface area contributed by atoms with E-state index in [1.165, 1.54) is 12.4 Å². The molecule has 6 nitrogen and oxygen atoms in total. The summed E-state index contributed by atoms with van der Waals surface area (Å²) in [5.41, 5.74) is 4.09. The molecule has 0 spiro atoms. The Hall–Kier alpha value is -2.99. The van der Waals surface area contributed by atoms with Crippen LogP contribution in [0.1, 0.15) is 27.2 Å². The van der Waals surface area contributed by atoms with Gasteiger partial charge in [-0.2, -0.15) is 0 Å². The lowest BCUT2D eigenvalue weighted by molar-refractivity contribution is 0.0945. The van der Waals surface area contributed by atoms with Crippen LogP contribution in [0.3, 0.4) is 0 Å². The molecule has 2 N–H and O–H groups in total. The van der Waals surface area contributed by atoms with E-state index in [9.17, 15) is 4.79 Å². The van der Waals surface area contributed by atoms with Crippen LogP contribution >= 0.6 is 11.6 Å². The van der Waals surface area contributed by atoms with Crippen LogP contribution in [-0.2, 0) is 6.54 Å². The van der Waals surface area contributed by atoms with Crippen molar-refractivity contribution in [3.63, 3.8) is 0 Å². The number of hydrogen-bond donors (Lipinski definition) is 2. The first-order valence-electron chi connectivity index (χ1n) is 8.06. The summed E-state index contributed by atoms with van der Waals surface area (Å²) in [4.78, 5) is 24.5. The summed E-state index contributed by atoms with van der Waals surface area (Å²) in [5, 5.41) is 6.56. The third-order valence-corrected chi connectivity index (χ3v) is 4.07. The molecule has 26 heavy (non-hydrogen) atoms. The number of pyridine rings is 1. The van der Waals surface area contributed by atoms with Crippen molar-refractivity contribution in [1.29, 1.82) is 0 Å². The molecular formula is C19H18ClN5O. The summed E-state index contributed by atoms with van der Waals surface area (Å²) in [6.07, 6.45) is 6.30. The Bertz CT molecular complexity index is 890. The zero-order valence-electron chi connectivity index (χ0n) is 14.5. The van der Waals surface area contributed by atoms with Gasteiger partial charge < -0.3 is 10.6 Å².